The molecule has 0 aliphatic heterocycles. The highest BCUT2D eigenvalue weighted by atomic mass is 16.5. The van der Waals surface area contributed by atoms with Gasteiger partial charge in [0.2, 0.25) is 11.8 Å². The van der Waals surface area contributed by atoms with Gasteiger partial charge in [-0.1, -0.05) is 12.1 Å². The highest BCUT2D eigenvalue weighted by Crippen LogP contribution is 2.24. The normalized spacial score (nSPS) is 10.4. The number of methoxy groups -OCH3 is 1. The van der Waals surface area contributed by atoms with E-state index < -0.39 is 5.97 Å². The lowest BCUT2D eigenvalue weighted by molar-refractivity contribution is 0.0600. The van der Waals surface area contributed by atoms with Gasteiger partial charge in [-0.05, 0) is 43.3 Å². The second-order valence-electron chi connectivity index (χ2n) is 5.11. The Labute approximate surface area is 138 Å². The molecule has 0 spiro atoms. The molecule has 0 saturated carbocycles. The number of ether oxygens (including phenoxy) is 1. The van der Waals surface area contributed by atoms with Crippen molar-refractivity contribution in [3.05, 3.63) is 59.7 Å². The molecule has 0 aliphatic rings. The monoisotopic (exact) mass is 322 g/mol. The summed E-state index contributed by atoms with van der Waals surface area (Å²) >= 11 is 0. The first-order valence-corrected chi connectivity index (χ1v) is 7.22. The molecular formula is C18H14N2O4. The van der Waals surface area contributed by atoms with Gasteiger partial charge in [0.1, 0.15) is 0 Å². The zero-order valence-electron chi connectivity index (χ0n) is 13.1. The average molecular weight is 322 g/mol. The van der Waals surface area contributed by atoms with Crippen molar-refractivity contribution in [2.45, 2.75) is 6.92 Å². The molecule has 0 aliphatic carbocycles. The molecule has 3 aromatic rings. The van der Waals surface area contributed by atoms with Gasteiger partial charge in [0, 0.05) is 16.7 Å². The Morgan fingerprint density at radius 2 is 1.29 bits per heavy atom. The summed E-state index contributed by atoms with van der Waals surface area (Å²) in [6, 6.07) is 13.6. The number of aromatic nitrogens is 2. The van der Waals surface area contributed by atoms with E-state index in [0.717, 1.165) is 5.56 Å². The van der Waals surface area contributed by atoms with Crippen LogP contribution >= 0.6 is 0 Å². The summed E-state index contributed by atoms with van der Waals surface area (Å²) in [6.07, 6.45) is 0. The highest BCUT2D eigenvalue weighted by Gasteiger charge is 2.12. The molecule has 0 saturated heterocycles. The Kier molecular flexibility index (Phi) is 4.20. The van der Waals surface area contributed by atoms with Crippen LogP contribution in [0, 0.1) is 0 Å². The lowest BCUT2D eigenvalue weighted by Crippen LogP contribution is -2.00. The Morgan fingerprint density at radius 1 is 0.833 bits per heavy atom. The van der Waals surface area contributed by atoms with Crippen LogP contribution in [0.2, 0.25) is 0 Å². The number of carbonyl (C=O) groups excluding carboxylic acids is 2. The van der Waals surface area contributed by atoms with Crippen LogP contribution in [0.4, 0.5) is 0 Å². The van der Waals surface area contributed by atoms with Crippen LogP contribution in [0.15, 0.2) is 52.9 Å². The number of hydrogen-bond donors (Lipinski definition) is 0. The molecule has 1 heterocycles. The second-order valence-corrected chi connectivity index (χ2v) is 5.11. The fourth-order valence-corrected chi connectivity index (χ4v) is 2.17. The maximum atomic E-state index is 11.4. The third kappa shape index (κ3) is 3.08. The number of benzene rings is 2. The minimum atomic E-state index is -0.404. The van der Waals surface area contributed by atoms with E-state index in [1.165, 1.54) is 14.0 Å². The van der Waals surface area contributed by atoms with E-state index in [0.29, 0.717) is 28.5 Å². The maximum Gasteiger partial charge on any atom is 0.337 e. The van der Waals surface area contributed by atoms with Crippen LogP contribution in [0.1, 0.15) is 27.6 Å². The molecule has 6 nitrogen and oxygen atoms in total. The van der Waals surface area contributed by atoms with Crippen LogP contribution in [-0.2, 0) is 4.74 Å². The van der Waals surface area contributed by atoms with Gasteiger partial charge < -0.3 is 9.15 Å². The van der Waals surface area contributed by atoms with Gasteiger partial charge in [0.15, 0.2) is 5.78 Å². The SMILES string of the molecule is COC(=O)c1ccc(-c2nnc(-c3ccc(C(C)=O)cc3)o2)cc1. The van der Waals surface area contributed by atoms with Crippen molar-refractivity contribution in [1.29, 1.82) is 0 Å². The van der Waals surface area contributed by atoms with Crippen LogP contribution in [-0.4, -0.2) is 29.1 Å². The van der Waals surface area contributed by atoms with Crippen molar-refractivity contribution in [1.82, 2.24) is 10.2 Å². The Bertz CT molecular complexity index is 880. The van der Waals surface area contributed by atoms with E-state index in [2.05, 4.69) is 14.9 Å². The van der Waals surface area contributed by atoms with Gasteiger partial charge in [0.05, 0.1) is 12.7 Å². The van der Waals surface area contributed by atoms with Crippen LogP contribution < -0.4 is 0 Å². The van der Waals surface area contributed by atoms with Crippen LogP contribution in [0.3, 0.4) is 0 Å². The summed E-state index contributed by atoms with van der Waals surface area (Å²) in [5, 5.41) is 8.03. The third-order valence-electron chi connectivity index (χ3n) is 3.52. The number of carbonyl (C=O) groups is 2. The van der Waals surface area contributed by atoms with Crippen LogP contribution in [0.25, 0.3) is 22.9 Å². The molecule has 0 fully saturated rings. The molecule has 0 N–H and O–H groups in total. The van der Waals surface area contributed by atoms with Gasteiger partial charge in [-0.3, -0.25) is 4.79 Å². The van der Waals surface area contributed by atoms with Crippen molar-refractivity contribution >= 4 is 11.8 Å². The van der Waals surface area contributed by atoms with Crippen molar-refractivity contribution in [3.8, 4) is 22.9 Å². The maximum absolute atomic E-state index is 11.4. The first kappa shape index (κ1) is 15.6. The van der Waals surface area contributed by atoms with Gasteiger partial charge in [-0.15, -0.1) is 10.2 Å². The van der Waals surface area contributed by atoms with E-state index in [1.54, 1.807) is 48.5 Å². The Balaban J connectivity index is 1.85. The molecule has 120 valence electrons. The minimum absolute atomic E-state index is 0.00142. The standard InChI is InChI=1S/C18H14N2O4/c1-11(21)12-3-5-13(6-4-12)16-19-20-17(24-16)14-7-9-15(10-8-14)18(22)23-2/h3-10H,1-2H3. The largest absolute Gasteiger partial charge is 0.465 e. The predicted molar refractivity (Wildman–Crippen MR) is 86.5 cm³/mol. The summed E-state index contributed by atoms with van der Waals surface area (Å²) in [5.41, 5.74) is 2.49. The van der Waals surface area contributed by atoms with Gasteiger partial charge in [-0.25, -0.2) is 4.79 Å². The minimum Gasteiger partial charge on any atom is -0.465 e. The topological polar surface area (TPSA) is 82.3 Å². The first-order chi connectivity index (χ1) is 11.6. The lowest BCUT2D eigenvalue weighted by atomic mass is 10.1. The van der Waals surface area contributed by atoms with Crippen molar-refractivity contribution in [2.75, 3.05) is 7.11 Å². The molecule has 0 unspecified atom stereocenters. The Hall–Kier alpha value is -3.28. The number of nitrogens with zero attached hydrogens (tertiary/aromatic N) is 2. The molecule has 24 heavy (non-hydrogen) atoms. The fraction of sp³-hybridized carbons (Fsp3) is 0.111. The van der Waals surface area contributed by atoms with Crippen molar-refractivity contribution < 1.29 is 18.7 Å². The number of rotatable bonds is 4. The molecular weight excluding hydrogens is 308 g/mol. The molecule has 1 aromatic heterocycles. The molecule has 6 heteroatoms. The smallest absolute Gasteiger partial charge is 0.337 e. The molecule has 0 bridgehead atoms. The number of hydrogen-bond acceptors (Lipinski definition) is 6. The lowest BCUT2D eigenvalue weighted by Gasteiger charge is -2.00. The highest BCUT2D eigenvalue weighted by molar-refractivity contribution is 5.94. The van der Waals surface area contributed by atoms with Crippen molar-refractivity contribution in [3.63, 3.8) is 0 Å². The summed E-state index contributed by atoms with van der Waals surface area (Å²) in [5.74, 6) is 0.297. The number of Topliss-reactive ketones (excluding diaryl/α,β-unsaturated/α-hetero) is 1. The summed E-state index contributed by atoms with van der Waals surface area (Å²) in [4.78, 5) is 22.7. The first-order valence-electron chi connectivity index (χ1n) is 7.22. The summed E-state index contributed by atoms with van der Waals surface area (Å²) < 4.78 is 10.3. The van der Waals surface area contributed by atoms with Crippen LogP contribution in [0.5, 0.6) is 0 Å². The van der Waals surface area contributed by atoms with Gasteiger partial charge in [0.25, 0.3) is 0 Å². The van der Waals surface area contributed by atoms with Crippen molar-refractivity contribution in [2.24, 2.45) is 0 Å². The van der Waals surface area contributed by atoms with Gasteiger partial charge >= 0.3 is 5.97 Å². The number of ketones is 1. The van der Waals surface area contributed by atoms with E-state index in [1.807, 2.05) is 0 Å². The van der Waals surface area contributed by atoms with E-state index in [-0.39, 0.29) is 5.78 Å². The second kappa shape index (κ2) is 6.45. The molecule has 0 radical (unpaired) electrons. The average Bonchev–Trinajstić information content (AvgIpc) is 3.11. The molecule has 2 aromatic carbocycles. The zero-order valence-corrected chi connectivity index (χ0v) is 13.1. The quantitative estimate of drug-likeness (QED) is 0.541. The predicted octanol–water partition coefficient (Wildman–Crippen LogP) is 3.39. The van der Waals surface area contributed by atoms with E-state index in [4.69, 9.17) is 4.42 Å². The van der Waals surface area contributed by atoms with E-state index >= 15 is 0 Å². The number of esters is 1. The van der Waals surface area contributed by atoms with E-state index in [9.17, 15) is 9.59 Å². The molecule has 3 rings (SSSR count). The molecule has 0 atom stereocenters. The Morgan fingerprint density at radius 3 is 1.71 bits per heavy atom. The molecule has 0 amide bonds. The zero-order chi connectivity index (χ0) is 17.1. The van der Waals surface area contributed by atoms with Gasteiger partial charge in [-0.2, -0.15) is 0 Å². The summed E-state index contributed by atoms with van der Waals surface area (Å²) in [6.45, 7) is 1.51. The summed E-state index contributed by atoms with van der Waals surface area (Å²) in [7, 11) is 1.33. The third-order valence-corrected chi connectivity index (χ3v) is 3.52. The fourth-order valence-electron chi connectivity index (χ4n) is 2.17.